The minimum absolute atomic E-state index is 0.120. The van der Waals surface area contributed by atoms with Crippen LogP contribution in [0.5, 0.6) is 0 Å². The second-order valence-corrected chi connectivity index (χ2v) is 26.8. The van der Waals surface area contributed by atoms with Gasteiger partial charge in [0.1, 0.15) is 12.1 Å². The Morgan fingerprint density at radius 1 is 0.628 bits per heavy atom. The van der Waals surface area contributed by atoms with Crippen LogP contribution in [0.25, 0.3) is 0 Å². The molecular weight excluding hydrogens is 995 g/mol. The number of hydrogen-bond acceptors (Lipinski definition) is 8. The summed E-state index contributed by atoms with van der Waals surface area (Å²) in [5, 5.41) is 12.7. The van der Waals surface area contributed by atoms with Crippen LogP contribution < -0.4 is 21.3 Å². The summed E-state index contributed by atoms with van der Waals surface area (Å²) in [5.41, 5.74) is 11.1. The van der Waals surface area contributed by atoms with Gasteiger partial charge in [-0.15, -0.1) is 0 Å². The summed E-state index contributed by atoms with van der Waals surface area (Å²) in [7, 11) is 0. The minimum atomic E-state index is -4.30. The number of nitrogens with zero attached hydrogens (tertiary/aromatic N) is 4. The lowest BCUT2D eigenvalue weighted by Crippen LogP contribution is -2.44. The van der Waals surface area contributed by atoms with Crippen LogP contribution >= 0.6 is 0 Å². The van der Waals surface area contributed by atoms with E-state index in [1.807, 2.05) is 12.1 Å². The maximum Gasteiger partial charge on any atom is 0.410 e. The Labute approximate surface area is 463 Å². The summed E-state index contributed by atoms with van der Waals surface area (Å²) >= 11 is 0. The van der Waals surface area contributed by atoms with E-state index in [9.17, 15) is 26.3 Å². The molecule has 2 saturated heterocycles. The topological polar surface area (TPSA) is 79.3 Å². The maximum absolute atomic E-state index is 13.5. The van der Waals surface area contributed by atoms with Crippen molar-refractivity contribution in [2.45, 2.75) is 208 Å². The number of alkyl halides is 6. The van der Waals surface area contributed by atoms with Crippen LogP contribution in [0.3, 0.4) is 0 Å². The zero-order valence-corrected chi connectivity index (χ0v) is 48.4. The molecule has 8 aliphatic rings. The molecule has 14 heteroatoms. The lowest BCUT2D eigenvalue weighted by molar-refractivity contribution is -0.150. The van der Waals surface area contributed by atoms with Gasteiger partial charge in [-0.05, 0) is 151 Å². The third-order valence-corrected chi connectivity index (χ3v) is 16.6. The average Bonchev–Trinajstić information content (AvgIpc) is 4.18. The van der Waals surface area contributed by atoms with Gasteiger partial charge < -0.3 is 31.1 Å². The summed E-state index contributed by atoms with van der Waals surface area (Å²) in [6, 6.07) is 9.57. The van der Waals surface area contributed by atoms with Crippen molar-refractivity contribution in [3.8, 4) is 0 Å². The fraction of sp³-hybridized carbons (Fsp3) is 0.656. The summed E-state index contributed by atoms with van der Waals surface area (Å²) in [6.07, 6.45) is 8.21. The maximum atomic E-state index is 13.5. The zero-order chi connectivity index (χ0) is 56.6. The van der Waals surface area contributed by atoms with Crippen molar-refractivity contribution in [2.75, 3.05) is 13.1 Å². The first-order valence-corrected chi connectivity index (χ1v) is 29.5. The molecule has 6 fully saturated rings. The predicted molar refractivity (Wildman–Crippen MR) is 308 cm³/mol. The number of fused-ring (bicyclic) bond motifs is 2. The monoisotopic (exact) mass is 1090 g/mol. The van der Waals surface area contributed by atoms with Crippen LogP contribution in [0, 0.1) is 46.3 Å². The van der Waals surface area contributed by atoms with Gasteiger partial charge in [0.2, 0.25) is 0 Å². The van der Waals surface area contributed by atoms with Crippen molar-refractivity contribution in [1.29, 1.82) is 0 Å². The van der Waals surface area contributed by atoms with Crippen molar-refractivity contribution in [1.82, 2.24) is 31.1 Å². The lowest BCUT2D eigenvalue weighted by atomic mass is 9.84. The zero-order valence-electron chi connectivity index (χ0n) is 48.4. The normalized spacial score (nSPS) is 22.3. The highest BCUT2D eigenvalue weighted by Crippen LogP contribution is 2.53. The van der Waals surface area contributed by atoms with Crippen molar-refractivity contribution in [3.63, 3.8) is 0 Å². The molecule has 0 aromatic heterocycles. The van der Waals surface area contributed by atoms with Gasteiger partial charge in [-0.25, -0.2) is 0 Å². The molecule has 8 nitrogen and oxygen atoms in total. The predicted octanol–water partition coefficient (Wildman–Crippen LogP) is 15.7. The summed E-state index contributed by atoms with van der Waals surface area (Å²) < 4.78 is 79.9. The van der Waals surface area contributed by atoms with E-state index >= 15 is 0 Å². The molecule has 0 amide bonds. The van der Waals surface area contributed by atoms with Crippen LogP contribution in [0.2, 0.25) is 0 Å². The highest BCUT2D eigenvalue weighted by atomic mass is 19.4. The number of aliphatic imine (C=N–C) groups is 2. The third-order valence-electron chi connectivity index (χ3n) is 16.6. The molecule has 4 aliphatic carbocycles. The van der Waals surface area contributed by atoms with E-state index in [-0.39, 0.29) is 42.0 Å². The molecule has 78 heavy (non-hydrogen) atoms. The molecule has 10 rings (SSSR count). The molecule has 2 aromatic rings. The van der Waals surface area contributed by atoms with Crippen molar-refractivity contribution in [3.05, 3.63) is 108 Å². The average molecular weight is 1090 g/mol. The van der Waals surface area contributed by atoms with Crippen LogP contribution in [0.4, 0.5) is 37.7 Å². The van der Waals surface area contributed by atoms with E-state index in [2.05, 4.69) is 134 Å². The Hall–Kier alpha value is -4.88. The summed E-state index contributed by atoms with van der Waals surface area (Å²) in [4.78, 5) is 13.8. The summed E-state index contributed by atoms with van der Waals surface area (Å²) in [6.45, 7) is 36.4. The number of rotatable bonds is 20. The highest BCUT2D eigenvalue weighted by molar-refractivity contribution is 5.99. The molecule has 430 valence electrons. The lowest BCUT2D eigenvalue weighted by Gasteiger charge is -2.32. The van der Waals surface area contributed by atoms with E-state index in [4.69, 9.17) is 9.98 Å². The molecule has 4 heterocycles. The van der Waals surface area contributed by atoms with E-state index < -0.39 is 24.4 Å². The quantitative estimate of drug-likeness (QED) is 0.0990. The smallest absolute Gasteiger partial charge is 0.380 e. The fourth-order valence-electron chi connectivity index (χ4n) is 12.7. The largest absolute Gasteiger partial charge is 0.410 e. The van der Waals surface area contributed by atoms with E-state index in [1.54, 1.807) is 9.80 Å². The standard InChI is InChI=1S/C32H45F3N4.C29H39F3N4.C3H8/c1-7-8-27(39-18-28(32(33,34)35)37-20(39)3)24-14-13-23-15-26(38-25(23)16-24)30(36-19(2)17-31(4,5)6)29(21-9-10-21)22-11-12-22;1-17(14-28(3,4)5)33-27(26(20-8-9-20)21-10-11-21)24-13-22-7-6-19(12-23(22)35-24)15-36-16-25(29(30,31)32)34-18(36)2;1-3-2/h13-14,16,21-22,27-30,36-37H,2-3,7-12,15,17-18H2,1,4-6H3;6-7,12,20-21,25-27,33-34H,1-2,8-11,13-16H2,3-5H3;3H2,1-2H3. The number of nitrogens with one attached hydrogen (secondary N) is 4. The third kappa shape index (κ3) is 15.5. The number of benzene rings is 2. The second kappa shape index (κ2) is 23.7. The first-order chi connectivity index (χ1) is 36.6. The Morgan fingerprint density at radius 2 is 1.05 bits per heavy atom. The van der Waals surface area contributed by atoms with Crippen LogP contribution in [0.1, 0.15) is 174 Å². The van der Waals surface area contributed by atoms with Gasteiger partial charge in [-0.2, -0.15) is 26.3 Å². The molecule has 2 aromatic carbocycles. The van der Waals surface area contributed by atoms with Gasteiger partial charge in [0.15, 0.2) is 0 Å². The van der Waals surface area contributed by atoms with Gasteiger partial charge >= 0.3 is 12.4 Å². The van der Waals surface area contributed by atoms with Crippen LogP contribution in [0.15, 0.2) is 95.7 Å². The first-order valence-electron chi connectivity index (χ1n) is 29.5. The van der Waals surface area contributed by atoms with Crippen LogP contribution in [-0.4, -0.2) is 70.8 Å². The van der Waals surface area contributed by atoms with Crippen molar-refractivity contribution < 1.29 is 26.3 Å². The van der Waals surface area contributed by atoms with Crippen molar-refractivity contribution >= 4 is 22.8 Å². The fourth-order valence-corrected chi connectivity index (χ4v) is 12.7. The first kappa shape index (κ1) is 59.2. The number of hydrogen-bond donors (Lipinski definition) is 4. The number of halogens is 6. The molecule has 5 unspecified atom stereocenters. The van der Waals surface area contributed by atoms with E-state index in [0.29, 0.717) is 30.0 Å². The highest BCUT2D eigenvalue weighted by Gasteiger charge is 2.50. The number of allylic oxidation sites excluding steroid dienone is 2. The van der Waals surface area contributed by atoms with E-state index in [1.165, 1.54) is 80.3 Å². The van der Waals surface area contributed by atoms with Gasteiger partial charge in [0.25, 0.3) is 0 Å². The van der Waals surface area contributed by atoms with Crippen LogP contribution in [-0.2, 0) is 19.4 Å². The Balaban J connectivity index is 0.000000197. The molecule has 4 aliphatic heterocycles. The SMILES string of the molecule is C=C(CC(C)(C)C)NC(C1=Nc2cc(C(CCC)N3CC(C(F)(F)F)NC3=C)ccc2C1)C(C1CC1)C1CC1.C=C(CC(C)(C)C)NC(C1=Nc2cc(CN3CC(C(F)(F)F)NC3=C)ccc2C1)C(C1CC1)C1CC1.CCC. The van der Waals surface area contributed by atoms with Crippen molar-refractivity contribution in [2.24, 2.45) is 56.3 Å². The molecule has 0 spiro atoms. The molecule has 0 radical (unpaired) electrons. The summed E-state index contributed by atoms with van der Waals surface area (Å²) in [5.74, 6) is 4.95. The molecule has 0 bridgehead atoms. The van der Waals surface area contributed by atoms with Gasteiger partial charge in [0, 0.05) is 55.3 Å². The van der Waals surface area contributed by atoms with E-state index in [0.717, 1.165) is 96.1 Å². The minimum Gasteiger partial charge on any atom is -0.380 e. The van der Waals surface area contributed by atoms with Gasteiger partial charge in [0.05, 0.1) is 41.1 Å². The molecule has 5 atom stereocenters. The Kier molecular flexibility index (Phi) is 18.0. The Bertz CT molecular complexity index is 2520. The van der Waals surface area contributed by atoms with Gasteiger partial charge in [-0.3, -0.25) is 9.98 Å². The van der Waals surface area contributed by atoms with Gasteiger partial charge in [-0.1, -0.05) is 126 Å². The molecule has 4 saturated carbocycles. The molecular formula is C64H92F6N8. The second-order valence-electron chi connectivity index (χ2n) is 26.8. The Morgan fingerprint density at radius 3 is 1.45 bits per heavy atom. The molecule has 4 N–H and O–H groups in total.